The molecule has 0 aromatic carbocycles. The molecule has 1 aliphatic heterocycles. The molecular weight excluding hydrogens is 438 g/mol. The average Bonchev–Trinajstić information content (AvgIpc) is 3.50. The first-order chi connectivity index (χ1) is 16.9. The normalized spacial score (nSPS) is 15.5. The summed E-state index contributed by atoms with van der Waals surface area (Å²) in [6.45, 7) is 13.4. The fourth-order valence-electron chi connectivity index (χ4n) is 5.31. The molecule has 4 aromatic rings. The number of aromatic amines is 1. The molecule has 0 bridgehead atoms. The molecular formula is C27H35N7O. The molecule has 0 radical (unpaired) electrons. The second-order valence-corrected chi connectivity index (χ2v) is 10.2. The number of aryl methyl sites for hydroxylation is 1. The standard InChI is InChI=1S/C27H35N7O/c1-16(2)23-25(21-12-22(35-6)27-29-15-30-34(27)14-21)31-32-26(23)24-18(5)11-20(13-28-24)19-7-9-33(10-8-19)17(3)4/h11-17,19H,7-10H2,1-6H3,(H,31,32). The minimum atomic E-state index is 0.248. The second-order valence-electron chi connectivity index (χ2n) is 10.2. The van der Waals surface area contributed by atoms with E-state index in [1.165, 1.54) is 24.7 Å². The minimum absolute atomic E-state index is 0.248. The zero-order chi connectivity index (χ0) is 24.7. The minimum Gasteiger partial charge on any atom is -0.493 e. The van der Waals surface area contributed by atoms with E-state index in [4.69, 9.17) is 14.8 Å². The van der Waals surface area contributed by atoms with E-state index >= 15 is 0 Å². The lowest BCUT2D eigenvalue weighted by molar-refractivity contribution is 0.172. The Morgan fingerprint density at radius 2 is 1.83 bits per heavy atom. The van der Waals surface area contributed by atoms with Crippen LogP contribution in [0, 0.1) is 6.92 Å². The van der Waals surface area contributed by atoms with Crippen LogP contribution in [-0.2, 0) is 0 Å². The van der Waals surface area contributed by atoms with Crippen LogP contribution >= 0.6 is 0 Å². The zero-order valence-electron chi connectivity index (χ0n) is 21.5. The Morgan fingerprint density at radius 1 is 1.06 bits per heavy atom. The number of fused-ring (bicyclic) bond motifs is 1. The number of aromatic nitrogens is 6. The maximum absolute atomic E-state index is 5.58. The highest BCUT2D eigenvalue weighted by atomic mass is 16.5. The van der Waals surface area contributed by atoms with Crippen molar-refractivity contribution in [1.82, 2.24) is 34.7 Å². The summed E-state index contributed by atoms with van der Waals surface area (Å²) < 4.78 is 7.31. The van der Waals surface area contributed by atoms with E-state index in [9.17, 15) is 0 Å². The third-order valence-electron chi connectivity index (χ3n) is 7.29. The van der Waals surface area contributed by atoms with Crippen LogP contribution in [0.3, 0.4) is 0 Å². The van der Waals surface area contributed by atoms with Crippen LogP contribution in [0.25, 0.3) is 28.3 Å². The number of hydrogen-bond acceptors (Lipinski definition) is 6. The Morgan fingerprint density at radius 3 is 2.49 bits per heavy atom. The van der Waals surface area contributed by atoms with Gasteiger partial charge in [0.1, 0.15) is 12.0 Å². The zero-order valence-corrected chi connectivity index (χ0v) is 21.5. The molecule has 1 N–H and O–H groups in total. The van der Waals surface area contributed by atoms with E-state index in [1.54, 1.807) is 11.6 Å². The Balaban J connectivity index is 1.50. The van der Waals surface area contributed by atoms with E-state index in [1.807, 2.05) is 12.3 Å². The first-order valence-corrected chi connectivity index (χ1v) is 12.5. The van der Waals surface area contributed by atoms with Crippen LogP contribution in [0.4, 0.5) is 0 Å². The molecule has 1 saturated heterocycles. The van der Waals surface area contributed by atoms with E-state index < -0.39 is 0 Å². The molecule has 0 saturated carbocycles. The number of nitrogens with one attached hydrogen (secondary N) is 1. The number of hydrogen-bond donors (Lipinski definition) is 1. The van der Waals surface area contributed by atoms with Gasteiger partial charge in [-0.2, -0.15) is 10.2 Å². The van der Waals surface area contributed by atoms with E-state index in [2.05, 4.69) is 67.0 Å². The smallest absolute Gasteiger partial charge is 0.197 e. The highest BCUT2D eigenvalue weighted by molar-refractivity contribution is 5.76. The second kappa shape index (κ2) is 9.41. The van der Waals surface area contributed by atoms with Crippen LogP contribution in [0.5, 0.6) is 5.75 Å². The van der Waals surface area contributed by atoms with E-state index in [-0.39, 0.29) is 5.92 Å². The molecule has 1 aliphatic rings. The average molecular weight is 474 g/mol. The van der Waals surface area contributed by atoms with Gasteiger partial charge in [0.2, 0.25) is 0 Å². The van der Waals surface area contributed by atoms with E-state index in [0.717, 1.165) is 46.9 Å². The molecule has 0 atom stereocenters. The Kier molecular flexibility index (Phi) is 6.32. The van der Waals surface area contributed by atoms with Gasteiger partial charge in [0.05, 0.1) is 18.5 Å². The molecule has 184 valence electrons. The van der Waals surface area contributed by atoms with Crippen molar-refractivity contribution in [2.24, 2.45) is 0 Å². The van der Waals surface area contributed by atoms with Crippen molar-refractivity contribution >= 4 is 5.65 Å². The third kappa shape index (κ3) is 4.31. The summed E-state index contributed by atoms with van der Waals surface area (Å²) in [5.41, 5.74) is 8.09. The van der Waals surface area contributed by atoms with Crippen LogP contribution in [0.15, 0.2) is 30.9 Å². The molecule has 4 aromatic heterocycles. The predicted molar refractivity (Wildman–Crippen MR) is 138 cm³/mol. The predicted octanol–water partition coefficient (Wildman–Crippen LogP) is 5.21. The van der Waals surface area contributed by atoms with Gasteiger partial charge in [-0.15, -0.1) is 0 Å². The summed E-state index contributed by atoms with van der Waals surface area (Å²) in [6.07, 6.45) is 7.94. The number of nitrogens with zero attached hydrogens (tertiary/aromatic N) is 6. The fourth-order valence-corrected chi connectivity index (χ4v) is 5.31. The summed E-state index contributed by atoms with van der Waals surface area (Å²) in [5.74, 6) is 1.50. The molecule has 0 spiro atoms. The van der Waals surface area contributed by atoms with Gasteiger partial charge in [-0.1, -0.05) is 19.9 Å². The number of piperidine rings is 1. The van der Waals surface area contributed by atoms with Gasteiger partial charge in [-0.3, -0.25) is 10.1 Å². The first-order valence-electron chi connectivity index (χ1n) is 12.5. The molecule has 0 amide bonds. The first kappa shape index (κ1) is 23.5. The van der Waals surface area contributed by atoms with Gasteiger partial charge in [-0.25, -0.2) is 9.50 Å². The third-order valence-corrected chi connectivity index (χ3v) is 7.29. The van der Waals surface area contributed by atoms with Gasteiger partial charge in [0.15, 0.2) is 11.4 Å². The van der Waals surface area contributed by atoms with Gasteiger partial charge in [0, 0.05) is 29.6 Å². The van der Waals surface area contributed by atoms with Crippen LogP contribution < -0.4 is 4.74 Å². The van der Waals surface area contributed by atoms with Crippen molar-refractivity contribution in [3.8, 4) is 28.4 Å². The number of likely N-dealkylation sites (tertiary alicyclic amines) is 1. The highest BCUT2D eigenvalue weighted by Crippen LogP contribution is 2.38. The molecule has 5 heterocycles. The largest absolute Gasteiger partial charge is 0.493 e. The van der Waals surface area contributed by atoms with Gasteiger partial charge >= 0.3 is 0 Å². The number of rotatable bonds is 6. The lowest BCUT2D eigenvalue weighted by Gasteiger charge is -2.34. The lowest BCUT2D eigenvalue weighted by atomic mass is 9.88. The van der Waals surface area contributed by atoms with Crippen molar-refractivity contribution < 1.29 is 4.74 Å². The number of pyridine rings is 2. The summed E-state index contributed by atoms with van der Waals surface area (Å²) in [6, 6.07) is 4.92. The van der Waals surface area contributed by atoms with Crippen LogP contribution in [0.2, 0.25) is 0 Å². The van der Waals surface area contributed by atoms with Gasteiger partial charge < -0.3 is 9.64 Å². The summed E-state index contributed by atoms with van der Waals surface area (Å²) in [5, 5.41) is 12.4. The van der Waals surface area contributed by atoms with Crippen molar-refractivity contribution in [2.75, 3.05) is 20.2 Å². The quantitative estimate of drug-likeness (QED) is 0.414. The molecule has 5 rings (SSSR count). The van der Waals surface area contributed by atoms with Crippen molar-refractivity contribution in [3.05, 3.63) is 47.5 Å². The van der Waals surface area contributed by atoms with Gasteiger partial charge in [-0.05, 0) is 75.7 Å². The topological polar surface area (TPSA) is 84.2 Å². The van der Waals surface area contributed by atoms with Crippen LogP contribution in [-0.4, -0.2) is 60.9 Å². The Bertz CT molecular complexity index is 1330. The number of ether oxygens (including phenoxy) is 1. The van der Waals surface area contributed by atoms with Crippen molar-refractivity contribution in [3.63, 3.8) is 0 Å². The number of methoxy groups -OCH3 is 1. The Labute approximate surface area is 206 Å². The summed E-state index contributed by atoms with van der Waals surface area (Å²) >= 11 is 0. The summed E-state index contributed by atoms with van der Waals surface area (Å²) in [7, 11) is 1.65. The molecule has 8 nitrogen and oxygen atoms in total. The van der Waals surface area contributed by atoms with Gasteiger partial charge in [0.25, 0.3) is 0 Å². The van der Waals surface area contributed by atoms with E-state index in [0.29, 0.717) is 23.4 Å². The highest BCUT2D eigenvalue weighted by Gasteiger charge is 2.25. The lowest BCUT2D eigenvalue weighted by Crippen LogP contribution is -2.37. The molecule has 0 unspecified atom stereocenters. The molecule has 0 aliphatic carbocycles. The molecule has 35 heavy (non-hydrogen) atoms. The Hall–Kier alpha value is -3.26. The fraction of sp³-hybridized carbons (Fsp3) is 0.481. The van der Waals surface area contributed by atoms with Crippen molar-refractivity contribution in [2.45, 2.75) is 65.3 Å². The molecule has 1 fully saturated rings. The number of H-pyrrole nitrogens is 1. The molecule has 8 heteroatoms. The maximum Gasteiger partial charge on any atom is 0.197 e. The van der Waals surface area contributed by atoms with Crippen molar-refractivity contribution in [1.29, 1.82) is 0 Å². The summed E-state index contributed by atoms with van der Waals surface area (Å²) in [4.78, 5) is 11.8. The maximum atomic E-state index is 5.58. The monoisotopic (exact) mass is 473 g/mol. The van der Waals surface area contributed by atoms with Crippen LogP contribution in [0.1, 0.15) is 69.1 Å². The SMILES string of the molecule is COc1cc(-c2[nH]nc(-c3ncc(C4CCN(C(C)C)CC4)cc3C)c2C(C)C)cn2ncnc12.